The predicted octanol–water partition coefficient (Wildman–Crippen LogP) is 4.76. The SMILES string of the molecule is CCc1ccc(OCC(=O)N(CCc2ccccc2)C(C)C(=O)NC(C)(C)C)c(Br)c1. The van der Waals surface area contributed by atoms with Crippen LogP contribution < -0.4 is 10.1 Å². The molecule has 0 saturated carbocycles. The number of halogens is 1. The Hall–Kier alpha value is -2.34. The van der Waals surface area contributed by atoms with Crippen molar-refractivity contribution in [3.63, 3.8) is 0 Å². The summed E-state index contributed by atoms with van der Waals surface area (Å²) >= 11 is 3.51. The zero-order chi connectivity index (χ0) is 23.0. The molecule has 0 saturated heterocycles. The Balaban J connectivity index is 2.11. The molecular formula is C25H33BrN2O3. The van der Waals surface area contributed by atoms with Crippen LogP contribution in [0.2, 0.25) is 0 Å². The average molecular weight is 489 g/mol. The van der Waals surface area contributed by atoms with Gasteiger partial charge in [-0.05, 0) is 79.7 Å². The fourth-order valence-electron chi connectivity index (χ4n) is 3.15. The smallest absolute Gasteiger partial charge is 0.261 e. The molecule has 0 fully saturated rings. The Bertz CT molecular complexity index is 878. The fraction of sp³-hybridized carbons (Fsp3) is 0.440. The van der Waals surface area contributed by atoms with Crippen LogP contribution in [0.4, 0.5) is 0 Å². The van der Waals surface area contributed by atoms with E-state index in [-0.39, 0.29) is 24.0 Å². The van der Waals surface area contributed by atoms with Crippen LogP contribution in [0.3, 0.4) is 0 Å². The number of rotatable bonds is 9. The number of ether oxygens (including phenoxy) is 1. The highest BCUT2D eigenvalue weighted by Crippen LogP contribution is 2.26. The molecule has 168 valence electrons. The van der Waals surface area contributed by atoms with Crippen LogP contribution >= 0.6 is 15.9 Å². The molecule has 0 aliphatic rings. The molecule has 0 aromatic heterocycles. The largest absolute Gasteiger partial charge is 0.483 e. The minimum Gasteiger partial charge on any atom is -0.483 e. The molecule has 0 spiro atoms. The lowest BCUT2D eigenvalue weighted by Gasteiger charge is -2.31. The molecule has 2 aromatic carbocycles. The van der Waals surface area contributed by atoms with Crippen molar-refractivity contribution in [3.8, 4) is 5.75 Å². The van der Waals surface area contributed by atoms with E-state index in [1.165, 1.54) is 5.56 Å². The number of nitrogens with one attached hydrogen (secondary N) is 1. The molecule has 31 heavy (non-hydrogen) atoms. The molecular weight excluding hydrogens is 456 g/mol. The van der Waals surface area contributed by atoms with Gasteiger partial charge < -0.3 is 15.0 Å². The molecule has 0 aliphatic heterocycles. The second kappa shape index (κ2) is 11.3. The number of hydrogen-bond acceptors (Lipinski definition) is 3. The number of hydrogen-bond donors (Lipinski definition) is 1. The van der Waals surface area contributed by atoms with Crippen molar-refractivity contribution in [2.75, 3.05) is 13.2 Å². The van der Waals surface area contributed by atoms with Crippen molar-refractivity contribution in [2.45, 2.75) is 59.0 Å². The van der Waals surface area contributed by atoms with Gasteiger partial charge in [-0.15, -0.1) is 0 Å². The Morgan fingerprint density at radius 2 is 1.77 bits per heavy atom. The molecule has 0 bridgehead atoms. The van der Waals surface area contributed by atoms with Gasteiger partial charge in [-0.2, -0.15) is 0 Å². The summed E-state index contributed by atoms with van der Waals surface area (Å²) in [6.07, 6.45) is 1.58. The molecule has 1 unspecified atom stereocenters. The summed E-state index contributed by atoms with van der Waals surface area (Å²) in [5, 5.41) is 2.97. The zero-order valence-electron chi connectivity index (χ0n) is 19.1. The van der Waals surface area contributed by atoms with Gasteiger partial charge >= 0.3 is 0 Å². The monoisotopic (exact) mass is 488 g/mol. The first-order valence-electron chi connectivity index (χ1n) is 10.7. The molecule has 5 nitrogen and oxygen atoms in total. The third-order valence-corrected chi connectivity index (χ3v) is 5.53. The first-order valence-corrected chi connectivity index (χ1v) is 11.5. The van der Waals surface area contributed by atoms with Crippen molar-refractivity contribution >= 4 is 27.7 Å². The number of carbonyl (C=O) groups is 2. The third-order valence-electron chi connectivity index (χ3n) is 4.91. The van der Waals surface area contributed by atoms with E-state index in [9.17, 15) is 9.59 Å². The Morgan fingerprint density at radius 1 is 1.10 bits per heavy atom. The highest BCUT2D eigenvalue weighted by molar-refractivity contribution is 9.10. The normalized spacial score (nSPS) is 12.2. The summed E-state index contributed by atoms with van der Waals surface area (Å²) in [6, 6.07) is 15.2. The van der Waals surface area contributed by atoms with Gasteiger partial charge in [0.25, 0.3) is 5.91 Å². The molecule has 0 aliphatic carbocycles. The van der Waals surface area contributed by atoms with E-state index in [0.717, 1.165) is 16.5 Å². The first-order chi connectivity index (χ1) is 14.6. The summed E-state index contributed by atoms with van der Waals surface area (Å²) in [4.78, 5) is 27.5. The van der Waals surface area contributed by atoms with Crippen LogP contribution in [0.25, 0.3) is 0 Å². The number of aryl methyl sites for hydroxylation is 1. The summed E-state index contributed by atoms with van der Waals surface area (Å²) in [6.45, 7) is 9.92. The van der Waals surface area contributed by atoms with Crippen LogP contribution in [-0.4, -0.2) is 41.4 Å². The lowest BCUT2D eigenvalue weighted by molar-refractivity contribution is -0.142. The maximum atomic E-state index is 13.1. The van der Waals surface area contributed by atoms with E-state index < -0.39 is 6.04 Å². The van der Waals surface area contributed by atoms with Crippen molar-refractivity contribution in [1.82, 2.24) is 10.2 Å². The minimum absolute atomic E-state index is 0.133. The Morgan fingerprint density at radius 3 is 2.35 bits per heavy atom. The average Bonchev–Trinajstić information content (AvgIpc) is 2.72. The summed E-state index contributed by atoms with van der Waals surface area (Å²) in [7, 11) is 0. The van der Waals surface area contributed by atoms with E-state index in [1.54, 1.807) is 11.8 Å². The van der Waals surface area contributed by atoms with Gasteiger partial charge in [0, 0.05) is 12.1 Å². The lowest BCUT2D eigenvalue weighted by atomic mass is 10.1. The van der Waals surface area contributed by atoms with Crippen LogP contribution in [0, 0.1) is 0 Å². The van der Waals surface area contributed by atoms with Crippen LogP contribution in [0.15, 0.2) is 53.0 Å². The maximum Gasteiger partial charge on any atom is 0.261 e. The minimum atomic E-state index is -0.607. The molecule has 6 heteroatoms. The van der Waals surface area contributed by atoms with Crippen molar-refractivity contribution in [3.05, 3.63) is 64.1 Å². The summed E-state index contributed by atoms with van der Waals surface area (Å²) in [5.41, 5.74) is 1.92. The molecule has 0 radical (unpaired) electrons. The third kappa shape index (κ3) is 8.02. The van der Waals surface area contributed by atoms with E-state index in [2.05, 4.69) is 28.2 Å². The maximum absolute atomic E-state index is 13.1. The molecule has 1 N–H and O–H groups in total. The Kier molecular flexibility index (Phi) is 9.11. The van der Waals surface area contributed by atoms with Crippen LogP contribution in [0.1, 0.15) is 45.7 Å². The van der Waals surface area contributed by atoms with Crippen LogP contribution in [0.5, 0.6) is 5.75 Å². The second-order valence-electron chi connectivity index (χ2n) is 8.64. The van der Waals surface area contributed by atoms with Gasteiger partial charge in [-0.25, -0.2) is 0 Å². The van der Waals surface area contributed by atoms with E-state index in [4.69, 9.17) is 4.74 Å². The number of carbonyl (C=O) groups excluding carboxylic acids is 2. The van der Waals surface area contributed by atoms with Gasteiger partial charge in [-0.1, -0.05) is 43.3 Å². The lowest BCUT2D eigenvalue weighted by Crippen LogP contribution is -2.53. The highest BCUT2D eigenvalue weighted by atomic mass is 79.9. The molecule has 2 rings (SSSR count). The number of benzene rings is 2. The second-order valence-corrected chi connectivity index (χ2v) is 9.50. The Labute approximate surface area is 194 Å². The summed E-state index contributed by atoms with van der Waals surface area (Å²) in [5.74, 6) is 0.210. The van der Waals surface area contributed by atoms with E-state index >= 15 is 0 Å². The summed E-state index contributed by atoms with van der Waals surface area (Å²) < 4.78 is 6.61. The van der Waals surface area contributed by atoms with Gasteiger partial charge in [0.05, 0.1) is 4.47 Å². The fourth-order valence-corrected chi connectivity index (χ4v) is 3.69. The van der Waals surface area contributed by atoms with Gasteiger partial charge in [0.1, 0.15) is 11.8 Å². The number of nitrogens with zero attached hydrogens (tertiary/aromatic N) is 1. The van der Waals surface area contributed by atoms with Gasteiger partial charge in [-0.3, -0.25) is 9.59 Å². The predicted molar refractivity (Wildman–Crippen MR) is 128 cm³/mol. The molecule has 2 amide bonds. The highest BCUT2D eigenvalue weighted by Gasteiger charge is 2.28. The van der Waals surface area contributed by atoms with Crippen LogP contribution in [-0.2, 0) is 22.4 Å². The van der Waals surface area contributed by atoms with E-state index in [0.29, 0.717) is 18.7 Å². The van der Waals surface area contributed by atoms with Crippen molar-refractivity contribution in [2.24, 2.45) is 0 Å². The topological polar surface area (TPSA) is 58.6 Å². The van der Waals surface area contributed by atoms with E-state index in [1.807, 2.05) is 69.3 Å². The molecule has 1 atom stereocenters. The van der Waals surface area contributed by atoms with Crippen molar-refractivity contribution in [1.29, 1.82) is 0 Å². The van der Waals surface area contributed by atoms with Crippen molar-refractivity contribution < 1.29 is 14.3 Å². The molecule has 2 aromatic rings. The standard InChI is InChI=1S/C25H33BrN2O3/c1-6-19-12-13-22(21(26)16-19)31-17-23(29)28(15-14-20-10-8-7-9-11-20)18(2)24(30)27-25(3,4)5/h7-13,16,18H,6,14-15,17H2,1-5H3,(H,27,30). The quantitative estimate of drug-likeness (QED) is 0.553. The first kappa shape index (κ1) is 24.9. The zero-order valence-corrected chi connectivity index (χ0v) is 20.7. The molecule has 0 heterocycles. The van der Waals surface area contributed by atoms with Gasteiger partial charge in [0.2, 0.25) is 5.91 Å². The number of amides is 2. The van der Waals surface area contributed by atoms with Gasteiger partial charge in [0.15, 0.2) is 6.61 Å².